The molecule has 6 heteroatoms. The van der Waals surface area contributed by atoms with Gasteiger partial charge in [0.1, 0.15) is 5.69 Å². The van der Waals surface area contributed by atoms with Crippen molar-refractivity contribution >= 4 is 0 Å². The zero-order valence-corrected chi connectivity index (χ0v) is 9.46. The van der Waals surface area contributed by atoms with Gasteiger partial charge in [0.15, 0.2) is 0 Å². The number of aliphatic hydroxyl groups is 1. The summed E-state index contributed by atoms with van der Waals surface area (Å²) >= 11 is 0. The summed E-state index contributed by atoms with van der Waals surface area (Å²) < 4.78 is 3.47. The number of nitrogens with zero attached hydrogens (tertiary/aromatic N) is 5. The number of hydrogen-bond donors (Lipinski definition) is 1. The van der Waals surface area contributed by atoms with Gasteiger partial charge in [-0.3, -0.25) is 4.68 Å². The van der Waals surface area contributed by atoms with Crippen LogP contribution in [0.1, 0.15) is 18.3 Å². The highest BCUT2D eigenvalue weighted by atomic mass is 16.3. The zero-order chi connectivity index (χ0) is 11.5. The van der Waals surface area contributed by atoms with Crippen LogP contribution >= 0.6 is 0 Å². The molecule has 2 rings (SSSR count). The monoisotopic (exact) mass is 221 g/mol. The summed E-state index contributed by atoms with van der Waals surface area (Å²) in [5.74, 6) is 0. The van der Waals surface area contributed by atoms with E-state index < -0.39 is 0 Å². The fourth-order valence-corrected chi connectivity index (χ4v) is 1.61. The Morgan fingerprint density at radius 1 is 1.38 bits per heavy atom. The minimum absolute atomic E-state index is 0.0897. The van der Waals surface area contributed by atoms with Gasteiger partial charge in [0, 0.05) is 20.1 Å². The maximum atomic E-state index is 8.81. The average molecular weight is 221 g/mol. The zero-order valence-electron chi connectivity index (χ0n) is 9.46. The van der Waals surface area contributed by atoms with Crippen LogP contribution in [-0.4, -0.2) is 36.5 Å². The van der Waals surface area contributed by atoms with Crippen LogP contribution in [0.2, 0.25) is 0 Å². The SMILES string of the molecule is CCc1nn(C)cc1-n1cc(CCO)nn1. The van der Waals surface area contributed by atoms with E-state index in [-0.39, 0.29) is 6.61 Å². The third-order valence-electron chi connectivity index (χ3n) is 2.37. The Hall–Kier alpha value is -1.69. The van der Waals surface area contributed by atoms with Crippen molar-refractivity contribution in [3.8, 4) is 5.69 Å². The largest absolute Gasteiger partial charge is 0.396 e. The summed E-state index contributed by atoms with van der Waals surface area (Å²) in [6, 6.07) is 0. The van der Waals surface area contributed by atoms with E-state index in [0.29, 0.717) is 6.42 Å². The quantitative estimate of drug-likeness (QED) is 0.795. The molecular weight excluding hydrogens is 206 g/mol. The maximum Gasteiger partial charge on any atom is 0.107 e. The Morgan fingerprint density at radius 3 is 2.88 bits per heavy atom. The minimum atomic E-state index is 0.0897. The van der Waals surface area contributed by atoms with E-state index in [2.05, 4.69) is 22.3 Å². The fraction of sp³-hybridized carbons (Fsp3) is 0.500. The molecule has 0 amide bonds. The molecule has 6 nitrogen and oxygen atoms in total. The Kier molecular flexibility index (Phi) is 3.00. The van der Waals surface area contributed by atoms with Crippen LogP contribution in [0.3, 0.4) is 0 Å². The Bertz CT molecular complexity index is 473. The first-order valence-corrected chi connectivity index (χ1v) is 5.29. The highest BCUT2D eigenvalue weighted by Gasteiger charge is 2.10. The molecule has 16 heavy (non-hydrogen) atoms. The second-order valence-corrected chi connectivity index (χ2v) is 3.62. The second-order valence-electron chi connectivity index (χ2n) is 3.62. The second kappa shape index (κ2) is 4.44. The van der Waals surface area contributed by atoms with Gasteiger partial charge >= 0.3 is 0 Å². The number of rotatable bonds is 4. The predicted molar refractivity (Wildman–Crippen MR) is 58.3 cm³/mol. The Morgan fingerprint density at radius 2 is 2.19 bits per heavy atom. The van der Waals surface area contributed by atoms with Crippen LogP contribution in [0.15, 0.2) is 12.4 Å². The molecule has 1 N–H and O–H groups in total. The molecule has 2 aromatic rings. The fourth-order valence-electron chi connectivity index (χ4n) is 1.61. The van der Waals surface area contributed by atoms with Gasteiger partial charge in [-0.05, 0) is 6.42 Å². The van der Waals surface area contributed by atoms with Crippen molar-refractivity contribution in [3.63, 3.8) is 0 Å². The van der Waals surface area contributed by atoms with Gasteiger partial charge in [0.05, 0.1) is 23.8 Å². The average Bonchev–Trinajstić information content (AvgIpc) is 2.85. The van der Waals surface area contributed by atoms with Crippen LogP contribution in [0.5, 0.6) is 0 Å². The molecule has 0 radical (unpaired) electrons. The molecule has 0 saturated carbocycles. The van der Waals surface area contributed by atoms with Crippen molar-refractivity contribution in [2.45, 2.75) is 19.8 Å². The highest BCUT2D eigenvalue weighted by Crippen LogP contribution is 2.12. The Balaban J connectivity index is 2.34. The van der Waals surface area contributed by atoms with Gasteiger partial charge in [-0.1, -0.05) is 12.1 Å². The molecule has 86 valence electrons. The first-order chi connectivity index (χ1) is 7.74. The third-order valence-corrected chi connectivity index (χ3v) is 2.37. The van der Waals surface area contributed by atoms with E-state index in [0.717, 1.165) is 23.5 Å². The van der Waals surface area contributed by atoms with E-state index in [1.54, 1.807) is 9.36 Å². The Labute approximate surface area is 93.5 Å². The molecule has 0 aliphatic carbocycles. The maximum absolute atomic E-state index is 8.81. The lowest BCUT2D eigenvalue weighted by Gasteiger charge is -1.96. The van der Waals surface area contributed by atoms with Crippen LogP contribution in [0.4, 0.5) is 0 Å². The van der Waals surface area contributed by atoms with Gasteiger partial charge in [-0.25, -0.2) is 4.68 Å². The lowest BCUT2D eigenvalue weighted by atomic mass is 10.3. The first kappa shape index (κ1) is 10.8. The van der Waals surface area contributed by atoms with Gasteiger partial charge < -0.3 is 5.11 Å². The van der Waals surface area contributed by atoms with Crippen LogP contribution in [0.25, 0.3) is 5.69 Å². The predicted octanol–water partition coefficient (Wildman–Crippen LogP) is 0.0980. The molecule has 0 unspecified atom stereocenters. The van der Waals surface area contributed by atoms with Crippen molar-refractivity contribution in [2.24, 2.45) is 7.05 Å². The summed E-state index contributed by atoms with van der Waals surface area (Å²) in [6.07, 6.45) is 5.12. The molecule has 0 aromatic carbocycles. The van der Waals surface area contributed by atoms with Crippen molar-refractivity contribution in [1.82, 2.24) is 24.8 Å². The van der Waals surface area contributed by atoms with Gasteiger partial charge in [0.25, 0.3) is 0 Å². The molecule has 2 aromatic heterocycles. The summed E-state index contributed by atoms with van der Waals surface area (Å²) in [6.45, 7) is 2.14. The van der Waals surface area contributed by atoms with Crippen molar-refractivity contribution in [3.05, 3.63) is 23.8 Å². The van der Waals surface area contributed by atoms with Crippen LogP contribution in [0, 0.1) is 0 Å². The van der Waals surface area contributed by atoms with Crippen LogP contribution < -0.4 is 0 Å². The van der Waals surface area contributed by atoms with Gasteiger partial charge in [0.2, 0.25) is 0 Å². The smallest absolute Gasteiger partial charge is 0.107 e. The van der Waals surface area contributed by atoms with Crippen LogP contribution in [-0.2, 0) is 19.9 Å². The minimum Gasteiger partial charge on any atom is -0.396 e. The van der Waals surface area contributed by atoms with Gasteiger partial charge in [-0.15, -0.1) is 5.10 Å². The summed E-state index contributed by atoms with van der Waals surface area (Å²) in [4.78, 5) is 0. The lowest BCUT2D eigenvalue weighted by Crippen LogP contribution is -1.97. The number of aromatic nitrogens is 5. The standard InChI is InChI=1S/C10H15N5O/c1-3-9-10(7-14(2)12-9)15-6-8(4-5-16)11-13-15/h6-7,16H,3-5H2,1-2H3. The normalized spacial score (nSPS) is 10.9. The number of aryl methyl sites for hydroxylation is 2. The molecule has 0 fully saturated rings. The van der Waals surface area contributed by atoms with Crippen molar-refractivity contribution < 1.29 is 5.11 Å². The molecule has 0 aliphatic heterocycles. The van der Waals surface area contributed by atoms with Crippen molar-refractivity contribution in [1.29, 1.82) is 0 Å². The topological polar surface area (TPSA) is 68.8 Å². The lowest BCUT2D eigenvalue weighted by molar-refractivity contribution is 0.298. The molecule has 0 spiro atoms. The van der Waals surface area contributed by atoms with E-state index in [4.69, 9.17) is 5.11 Å². The molecule has 0 bridgehead atoms. The summed E-state index contributed by atoms with van der Waals surface area (Å²) in [5, 5.41) is 21.2. The molecular formula is C10H15N5O. The van der Waals surface area contributed by atoms with E-state index in [9.17, 15) is 0 Å². The molecule has 0 saturated heterocycles. The van der Waals surface area contributed by atoms with Gasteiger partial charge in [-0.2, -0.15) is 5.10 Å². The summed E-state index contributed by atoms with van der Waals surface area (Å²) in [5.41, 5.74) is 2.72. The van der Waals surface area contributed by atoms with Crippen molar-refractivity contribution in [2.75, 3.05) is 6.61 Å². The molecule has 2 heterocycles. The summed E-state index contributed by atoms with van der Waals surface area (Å²) in [7, 11) is 1.88. The number of aliphatic hydroxyl groups excluding tert-OH is 1. The number of hydrogen-bond acceptors (Lipinski definition) is 4. The third kappa shape index (κ3) is 1.96. The van der Waals surface area contributed by atoms with E-state index >= 15 is 0 Å². The highest BCUT2D eigenvalue weighted by molar-refractivity contribution is 5.33. The van der Waals surface area contributed by atoms with E-state index in [1.807, 2.05) is 19.4 Å². The van der Waals surface area contributed by atoms with E-state index in [1.165, 1.54) is 0 Å². The molecule has 0 aliphatic rings. The molecule has 0 atom stereocenters. The first-order valence-electron chi connectivity index (χ1n) is 5.29.